The molecule has 0 unspecified atom stereocenters. The Morgan fingerprint density at radius 3 is 3.00 bits per heavy atom. The Balaban J connectivity index is 1.84. The van der Waals surface area contributed by atoms with E-state index in [1.165, 1.54) is 0 Å². The molecular weight excluding hydrogens is 244 g/mol. The molecule has 1 aliphatic carbocycles. The zero-order valence-electron chi connectivity index (χ0n) is 11.2. The molecule has 1 saturated heterocycles. The van der Waals surface area contributed by atoms with E-state index < -0.39 is 5.97 Å². The van der Waals surface area contributed by atoms with Crippen LogP contribution < -0.4 is 0 Å². The summed E-state index contributed by atoms with van der Waals surface area (Å²) in [6.07, 6.45) is 4.29. The second-order valence-corrected chi connectivity index (χ2v) is 5.76. The molecule has 2 heterocycles. The van der Waals surface area contributed by atoms with Gasteiger partial charge in [0.1, 0.15) is 0 Å². The molecule has 2 atom stereocenters. The number of aromatic nitrogens is 3. The van der Waals surface area contributed by atoms with Crippen LogP contribution in [0.5, 0.6) is 0 Å². The molecule has 19 heavy (non-hydrogen) atoms. The van der Waals surface area contributed by atoms with E-state index >= 15 is 0 Å². The minimum Gasteiger partial charge on any atom is -0.481 e. The van der Waals surface area contributed by atoms with Crippen LogP contribution in [0.3, 0.4) is 0 Å². The fourth-order valence-electron chi connectivity index (χ4n) is 3.24. The first-order chi connectivity index (χ1) is 9.15. The van der Waals surface area contributed by atoms with Crippen molar-refractivity contribution < 1.29 is 9.90 Å². The number of aryl methyl sites for hydroxylation is 1. The number of hydrogen-bond donors (Lipinski definition) is 1. The number of carboxylic acid groups (broad SMARTS) is 1. The summed E-state index contributed by atoms with van der Waals surface area (Å²) < 4.78 is 2.00. The van der Waals surface area contributed by atoms with Crippen LogP contribution in [-0.4, -0.2) is 51.1 Å². The van der Waals surface area contributed by atoms with Gasteiger partial charge in [-0.1, -0.05) is 5.21 Å². The van der Waals surface area contributed by atoms with Gasteiger partial charge >= 0.3 is 5.97 Å². The third kappa shape index (κ3) is 2.36. The molecule has 0 bridgehead atoms. The van der Waals surface area contributed by atoms with E-state index in [0.717, 1.165) is 43.7 Å². The van der Waals surface area contributed by atoms with E-state index in [1.54, 1.807) is 0 Å². The minimum atomic E-state index is -0.695. The molecule has 6 heteroatoms. The van der Waals surface area contributed by atoms with Crippen LogP contribution in [0.25, 0.3) is 0 Å². The van der Waals surface area contributed by atoms with Gasteiger partial charge in [-0.15, -0.1) is 5.10 Å². The van der Waals surface area contributed by atoms with Gasteiger partial charge in [0.2, 0.25) is 0 Å². The predicted octanol–water partition coefficient (Wildman–Crippen LogP) is 0.734. The molecule has 1 N–H and O–H groups in total. The third-order valence-corrected chi connectivity index (χ3v) is 4.34. The van der Waals surface area contributed by atoms with Gasteiger partial charge in [-0.05, 0) is 39.3 Å². The molecule has 3 rings (SSSR count). The van der Waals surface area contributed by atoms with Crippen molar-refractivity contribution in [2.24, 2.45) is 5.92 Å². The number of likely N-dealkylation sites (tertiary alicyclic amines) is 1. The zero-order valence-corrected chi connectivity index (χ0v) is 11.2. The molecule has 1 aliphatic heterocycles. The molecule has 1 fully saturated rings. The standard InChI is InChI=1S/C13H20N4O2/c1-16-6-2-3-10(8-16)17-12-7-9(13(18)19)4-5-11(12)14-15-17/h9-10H,2-8H2,1H3,(H,18,19)/t9-,10+/m0/s1. The number of nitrogens with zero attached hydrogens (tertiary/aromatic N) is 4. The highest BCUT2D eigenvalue weighted by atomic mass is 16.4. The van der Waals surface area contributed by atoms with Crippen molar-refractivity contribution in [2.75, 3.05) is 20.1 Å². The number of likely N-dealkylation sites (N-methyl/N-ethyl adjacent to an activating group) is 1. The van der Waals surface area contributed by atoms with Gasteiger partial charge in [0.05, 0.1) is 23.3 Å². The lowest BCUT2D eigenvalue weighted by Crippen LogP contribution is -2.35. The average molecular weight is 264 g/mol. The maximum Gasteiger partial charge on any atom is 0.306 e. The number of rotatable bonds is 2. The van der Waals surface area contributed by atoms with Gasteiger partial charge in [0.25, 0.3) is 0 Å². The van der Waals surface area contributed by atoms with Crippen LogP contribution in [0.4, 0.5) is 0 Å². The number of carboxylic acids is 1. The summed E-state index contributed by atoms with van der Waals surface area (Å²) >= 11 is 0. The van der Waals surface area contributed by atoms with E-state index in [1.807, 2.05) is 4.68 Å². The normalized spacial score (nSPS) is 28.1. The topological polar surface area (TPSA) is 71.2 Å². The maximum atomic E-state index is 11.2. The Labute approximate surface area is 112 Å². The van der Waals surface area contributed by atoms with E-state index in [2.05, 4.69) is 22.3 Å². The summed E-state index contributed by atoms with van der Waals surface area (Å²) in [7, 11) is 2.12. The van der Waals surface area contributed by atoms with Crippen LogP contribution in [0.15, 0.2) is 0 Å². The number of fused-ring (bicyclic) bond motifs is 1. The highest BCUT2D eigenvalue weighted by Gasteiger charge is 2.31. The lowest BCUT2D eigenvalue weighted by Gasteiger charge is -2.31. The van der Waals surface area contributed by atoms with E-state index in [-0.39, 0.29) is 5.92 Å². The van der Waals surface area contributed by atoms with Gasteiger partial charge in [-0.2, -0.15) is 0 Å². The lowest BCUT2D eigenvalue weighted by atomic mass is 9.89. The largest absolute Gasteiger partial charge is 0.481 e. The first-order valence-electron chi connectivity index (χ1n) is 6.99. The molecule has 0 aromatic carbocycles. The fraction of sp³-hybridized carbons (Fsp3) is 0.769. The lowest BCUT2D eigenvalue weighted by molar-refractivity contribution is -0.142. The summed E-state index contributed by atoms with van der Waals surface area (Å²) in [5.41, 5.74) is 2.06. The fourth-order valence-corrected chi connectivity index (χ4v) is 3.24. The molecule has 1 aromatic rings. The molecule has 0 spiro atoms. The quantitative estimate of drug-likeness (QED) is 0.853. The summed E-state index contributed by atoms with van der Waals surface area (Å²) in [5.74, 6) is -0.967. The second kappa shape index (κ2) is 4.92. The number of carbonyl (C=O) groups is 1. The van der Waals surface area contributed by atoms with Crippen molar-refractivity contribution in [3.63, 3.8) is 0 Å². The molecule has 6 nitrogen and oxygen atoms in total. The van der Waals surface area contributed by atoms with Crippen LogP contribution in [-0.2, 0) is 17.6 Å². The predicted molar refractivity (Wildman–Crippen MR) is 68.9 cm³/mol. The first kappa shape index (κ1) is 12.6. The van der Waals surface area contributed by atoms with Crippen molar-refractivity contribution in [3.8, 4) is 0 Å². The number of piperidine rings is 1. The van der Waals surface area contributed by atoms with Gasteiger partial charge in [0, 0.05) is 13.0 Å². The molecule has 1 aromatic heterocycles. The van der Waals surface area contributed by atoms with E-state index in [4.69, 9.17) is 0 Å². The van der Waals surface area contributed by atoms with Crippen molar-refractivity contribution in [1.82, 2.24) is 19.9 Å². The summed E-state index contributed by atoms with van der Waals surface area (Å²) in [6.45, 7) is 2.11. The highest BCUT2D eigenvalue weighted by molar-refractivity contribution is 5.70. The summed E-state index contributed by atoms with van der Waals surface area (Å²) in [5, 5.41) is 17.7. The van der Waals surface area contributed by atoms with E-state index in [0.29, 0.717) is 18.9 Å². The monoisotopic (exact) mass is 264 g/mol. The average Bonchev–Trinajstić information content (AvgIpc) is 2.81. The molecular formula is C13H20N4O2. The molecule has 104 valence electrons. The summed E-state index contributed by atoms with van der Waals surface area (Å²) in [6, 6.07) is 0.350. The molecule has 2 aliphatic rings. The Morgan fingerprint density at radius 1 is 1.42 bits per heavy atom. The van der Waals surface area contributed by atoms with Crippen molar-refractivity contribution in [3.05, 3.63) is 11.4 Å². The SMILES string of the molecule is CN1CCC[C@@H](n2nnc3c2C[C@@H](C(=O)O)CC3)C1. The minimum absolute atomic E-state index is 0.272. The number of hydrogen-bond acceptors (Lipinski definition) is 4. The Kier molecular flexibility index (Phi) is 3.26. The Bertz CT molecular complexity index is 485. The molecule has 0 radical (unpaired) electrons. The Morgan fingerprint density at radius 2 is 2.26 bits per heavy atom. The van der Waals surface area contributed by atoms with Crippen molar-refractivity contribution >= 4 is 5.97 Å². The molecule has 0 saturated carbocycles. The van der Waals surface area contributed by atoms with Crippen molar-refractivity contribution in [1.29, 1.82) is 0 Å². The first-order valence-corrected chi connectivity index (χ1v) is 6.99. The van der Waals surface area contributed by atoms with Crippen LogP contribution in [0.2, 0.25) is 0 Å². The van der Waals surface area contributed by atoms with Crippen LogP contribution in [0, 0.1) is 5.92 Å². The Hall–Kier alpha value is -1.43. The van der Waals surface area contributed by atoms with Gasteiger partial charge in [0.15, 0.2) is 0 Å². The smallest absolute Gasteiger partial charge is 0.306 e. The zero-order chi connectivity index (χ0) is 13.4. The van der Waals surface area contributed by atoms with Gasteiger partial charge in [-0.3, -0.25) is 4.79 Å². The summed E-state index contributed by atoms with van der Waals surface area (Å²) in [4.78, 5) is 13.5. The highest BCUT2D eigenvalue weighted by Crippen LogP contribution is 2.28. The van der Waals surface area contributed by atoms with Crippen molar-refractivity contribution in [2.45, 2.75) is 38.1 Å². The van der Waals surface area contributed by atoms with E-state index in [9.17, 15) is 9.90 Å². The van der Waals surface area contributed by atoms with Gasteiger partial charge < -0.3 is 10.0 Å². The van der Waals surface area contributed by atoms with Crippen LogP contribution >= 0.6 is 0 Å². The molecule has 0 amide bonds. The number of aliphatic carboxylic acids is 1. The van der Waals surface area contributed by atoms with Gasteiger partial charge in [-0.25, -0.2) is 4.68 Å². The second-order valence-electron chi connectivity index (χ2n) is 5.76. The maximum absolute atomic E-state index is 11.2. The van der Waals surface area contributed by atoms with Crippen LogP contribution in [0.1, 0.15) is 36.7 Å². The third-order valence-electron chi connectivity index (χ3n) is 4.34.